The van der Waals surface area contributed by atoms with Gasteiger partial charge in [-0.15, -0.1) is 0 Å². The number of aliphatic imine (C=N–C) groups is 1. The van der Waals surface area contributed by atoms with Gasteiger partial charge in [0.25, 0.3) is 0 Å². The minimum atomic E-state index is 0.252. The highest BCUT2D eigenvalue weighted by Gasteiger charge is 2.22. The molecule has 1 heterocycles. The van der Waals surface area contributed by atoms with Crippen molar-refractivity contribution in [3.63, 3.8) is 0 Å². The zero-order valence-corrected chi connectivity index (χ0v) is 10.2. The molecule has 1 atom stereocenters. The number of likely N-dealkylation sites (N-methyl/N-ethyl adjacent to an activating group) is 1. The first-order valence-corrected chi connectivity index (χ1v) is 5.69. The number of aryl methyl sites for hydroxylation is 1. The second-order valence-corrected chi connectivity index (χ2v) is 4.47. The van der Waals surface area contributed by atoms with Gasteiger partial charge < -0.3 is 5.32 Å². The van der Waals surface area contributed by atoms with Gasteiger partial charge in [0.1, 0.15) is 5.84 Å². The van der Waals surface area contributed by atoms with Crippen molar-refractivity contribution < 1.29 is 0 Å². The summed E-state index contributed by atoms with van der Waals surface area (Å²) in [5, 5.41) is 3.36. The Labute approximate surface area is 97.2 Å². The zero-order chi connectivity index (χ0) is 11.5. The van der Waals surface area contributed by atoms with Crippen molar-refractivity contribution in [3.8, 4) is 0 Å². The van der Waals surface area contributed by atoms with Crippen LogP contribution in [0.1, 0.15) is 17.2 Å². The van der Waals surface area contributed by atoms with Crippen LogP contribution in [-0.4, -0.2) is 37.9 Å². The lowest BCUT2D eigenvalue weighted by molar-refractivity contribution is 0.365. The largest absolute Gasteiger partial charge is 0.370 e. The molecular formula is C13H19N3. The predicted octanol–water partition coefficient (Wildman–Crippen LogP) is 1.60. The molecule has 0 aromatic heterocycles. The molecule has 1 aliphatic rings. The first kappa shape index (κ1) is 11.1. The van der Waals surface area contributed by atoms with Gasteiger partial charge in [-0.2, -0.15) is 0 Å². The summed E-state index contributed by atoms with van der Waals surface area (Å²) in [6, 6.07) is 8.88. The summed E-state index contributed by atoms with van der Waals surface area (Å²) >= 11 is 0. The maximum absolute atomic E-state index is 4.53. The highest BCUT2D eigenvalue weighted by molar-refractivity contribution is 5.89. The number of amidine groups is 1. The lowest BCUT2D eigenvalue weighted by Gasteiger charge is -2.25. The Morgan fingerprint density at radius 2 is 2.19 bits per heavy atom. The van der Waals surface area contributed by atoms with E-state index in [2.05, 4.69) is 60.5 Å². The predicted molar refractivity (Wildman–Crippen MR) is 67.9 cm³/mol. The molecule has 0 aliphatic carbocycles. The average Bonchev–Trinajstić information content (AvgIpc) is 2.71. The third-order valence-electron chi connectivity index (χ3n) is 2.83. The topological polar surface area (TPSA) is 27.6 Å². The quantitative estimate of drug-likeness (QED) is 0.832. The van der Waals surface area contributed by atoms with Crippen molar-refractivity contribution in [2.24, 2.45) is 4.99 Å². The van der Waals surface area contributed by atoms with Crippen LogP contribution in [0.5, 0.6) is 0 Å². The first-order valence-electron chi connectivity index (χ1n) is 5.69. The molecule has 1 aromatic rings. The van der Waals surface area contributed by atoms with Crippen molar-refractivity contribution in [1.29, 1.82) is 0 Å². The SMILES string of the molecule is Cc1cccc(C(C2=NCCN2)N(C)C)c1. The van der Waals surface area contributed by atoms with E-state index in [9.17, 15) is 0 Å². The number of hydrogen-bond acceptors (Lipinski definition) is 3. The monoisotopic (exact) mass is 217 g/mol. The second-order valence-electron chi connectivity index (χ2n) is 4.47. The second kappa shape index (κ2) is 4.66. The molecule has 0 saturated heterocycles. The first-order chi connectivity index (χ1) is 7.68. The van der Waals surface area contributed by atoms with Crippen molar-refractivity contribution >= 4 is 5.84 Å². The Kier molecular flexibility index (Phi) is 3.25. The third kappa shape index (κ3) is 2.25. The Morgan fingerprint density at radius 3 is 2.75 bits per heavy atom. The number of rotatable bonds is 3. The van der Waals surface area contributed by atoms with Gasteiger partial charge in [0.2, 0.25) is 0 Å². The molecule has 0 bridgehead atoms. The van der Waals surface area contributed by atoms with E-state index in [1.54, 1.807) is 0 Å². The molecule has 0 saturated carbocycles. The van der Waals surface area contributed by atoms with Gasteiger partial charge in [-0.1, -0.05) is 29.8 Å². The molecule has 0 fully saturated rings. The molecule has 2 rings (SSSR count). The summed E-state index contributed by atoms with van der Waals surface area (Å²) in [7, 11) is 4.19. The van der Waals surface area contributed by atoms with E-state index in [1.807, 2.05) is 0 Å². The van der Waals surface area contributed by atoms with E-state index in [0.717, 1.165) is 18.9 Å². The smallest absolute Gasteiger partial charge is 0.119 e. The number of benzene rings is 1. The zero-order valence-electron chi connectivity index (χ0n) is 10.2. The fourth-order valence-electron chi connectivity index (χ4n) is 2.14. The van der Waals surface area contributed by atoms with E-state index in [4.69, 9.17) is 0 Å². The average molecular weight is 217 g/mol. The molecule has 3 nitrogen and oxygen atoms in total. The van der Waals surface area contributed by atoms with Crippen LogP contribution in [0.4, 0.5) is 0 Å². The highest BCUT2D eigenvalue weighted by atomic mass is 15.2. The summed E-state index contributed by atoms with van der Waals surface area (Å²) in [5.74, 6) is 1.09. The molecule has 0 radical (unpaired) electrons. The molecule has 1 N–H and O–H groups in total. The number of hydrogen-bond donors (Lipinski definition) is 1. The molecule has 1 aliphatic heterocycles. The van der Waals surface area contributed by atoms with E-state index in [-0.39, 0.29) is 6.04 Å². The standard InChI is InChI=1S/C13H19N3/c1-10-5-4-6-11(9-10)12(16(2)3)13-14-7-8-15-13/h4-6,9,12H,7-8H2,1-3H3,(H,14,15). The van der Waals surface area contributed by atoms with Crippen LogP contribution < -0.4 is 5.32 Å². The Hall–Kier alpha value is -1.35. The minimum Gasteiger partial charge on any atom is -0.370 e. The molecule has 1 aromatic carbocycles. The molecule has 0 spiro atoms. The van der Waals surface area contributed by atoms with Crippen LogP contribution in [0.25, 0.3) is 0 Å². The molecule has 1 unspecified atom stereocenters. The summed E-state index contributed by atoms with van der Waals surface area (Å²) in [6.45, 7) is 3.98. The van der Waals surface area contributed by atoms with Gasteiger partial charge >= 0.3 is 0 Å². The fourth-order valence-corrected chi connectivity index (χ4v) is 2.14. The van der Waals surface area contributed by atoms with Crippen LogP contribution in [0.2, 0.25) is 0 Å². The van der Waals surface area contributed by atoms with Crippen molar-refractivity contribution in [2.45, 2.75) is 13.0 Å². The summed E-state index contributed by atoms with van der Waals surface area (Å²) < 4.78 is 0. The van der Waals surface area contributed by atoms with Crippen LogP contribution in [0.3, 0.4) is 0 Å². The van der Waals surface area contributed by atoms with Crippen LogP contribution in [0, 0.1) is 6.92 Å². The summed E-state index contributed by atoms with van der Waals surface area (Å²) in [5.41, 5.74) is 2.60. The third-order valence-corrected chi connectivity index (χ3v) is 2.83. The molecule has 86 valence electrons. The maximum atomic E-state index is 4.53. The number of nitrogens with zero attached hydrogens (tertiary/aromatic N) is 2. The van der Waals surface area contributed by atoms with Crippen LogP contribution >= 0.6 is 0 Å². The Bertz CT molecular complexity index is 396. The van der Waals surface area contributed by atoms with Crippen LogP contribution in [-0.2, 0) is 0 Å². The number of nitrogens with one attached hydrogen (secondary N) is 1. The minimum absolute atomic E-state index is 0.252. The summed E-state index contributed by atoms with van der Waals surface area (Å²) in [4.78, 5) is 6.73. The normalized spacial score (nSPS) is 17.1. The highest BCUT2D eigenvalue weighted by Crippen LogP contribution is 2.21. The van der Waals surface area contributed by atoms with E-state index in [0.29, 0.717) is 0 Å². The molecule has 16 heavy (non-hydrogen) atoms. The Balaban J connectivity index is 2.32. The summed E-state index contributed by atoms with van der Waals surface area (Å²) in [6.07, 6.45) is 0. The fraction of sp³-hybridized carbons (Fsp3) is 0.462. The van der Waals surface area contributed by atoms with Crippen LogP contribution in [0.15, 0.2) is 29.3 Å². The van der Waals surface area contributed by atoms with Gasteiger partial charge in [0, 0.05) is 6.54 Å². The molecule has 3 heteroatoms. The van der Waals surface area contributed by atoms with Gasteiger partial charge in [-0.05, 0) is 26.6 Å². The van der Waals surface area contributed by atoms with Gasteiger partial charge in [-0.25, -0.2) is 0 Å². The lowest BCUT2D eigenvalue weighted by Crippen LogP contribution is -2.34. The van der Waals surface area contributed by atoms with E-state index < -0.39 is 0 Å². The van der Waals surface area contributed by atoms with Gasteiger partial charge in [0.05, 0.1) is 12.6 Å². The van der Waals surface area contributed by atoms with Crippen molar-refractivity contribution in [3.05, 3.63) is 35.4 Å². The van der Waals surface area contributed by atoms with E-state index >= 15 is 0 Å². The van der Waals surface area contributed by atoms with Crippen molar-refractivity contribution in [2.75, 3.05) is 27.2 Å². The molecular weight excluding hydrogens is 198 g/mol. The Morgan fingerprint density at radius 1 is 1.38 bits per heavy atom. The molecule has 0 amide bonds. The van der Waals surface area contributed by atoms with Crippen molar-refractivity contribution in [1.82, 2.24) is 10.2 Å². The van der Waals surface area contributed by atoms with Gasteiger partial charge in [-0.3, -0.25) is 9.89 Å². The van der Waals surface area contributed by atoms with E-state index in [1.165, 1.54) is 11.1 Å². The maximum Gasteiger partial charge on any atom is 0.119 e. The lowest BCUT2D eigenvalue weighted by atomic mass is 10.0. The van der Waals surface area contributed by atoms with Gasteiger partial charge in [0.15, 0.2) is 0 Å².